The first-order valence-corrected chi connectivity index (χ1v) is 12.1. The topological polar surface area (TPSA) is 101 Å². The molecule has 0 saturated carbocycles. The van der Waals surface area contributed by atoms with Crippen LogP contribution in [0.4, 0.5) is 13.2 Å². The largest absolute Gasteiger partial charge is 0.433 e. The van der Waals surface area contributed by atoms with E-state index in [0.717, 1.165) is 11.6 Å². The maximum atomic E-state index is 13.2. The van der Waals surface area contributed by atoms with E-state index >= 15 is 0 Å². The van der Waals surface area contributed by atoms with Crippen LogP contribution in [0.2, 0.25) is 0 Å². The summed E-state index contributed by atoms with van der Waals surface area (Å²) in [5, 5.41) is 8.84. The fourth-order valence-corrected chi connectivity index (χ4v) is 4.42. The molecule has 0 atom stereocenters. The van der Waals surface area contributed by atoms with Gasteiger partial charge in [0.1, 0.15) is 11.4 Å². The number of nitrogens with zero attached hydrogens (tertiary/aromatic N) is 5. The van der Waals surface area contributed by atoms with E-state index < -0.39 is 21.7 Å². The van der Waals surface area contributed by atoms with Gasteiger partial charge >= 0.3 is 6.18 Å². The van der Waals surface area contributed by atoms with Crippen LogP contribution in [0.5, 0.6) is 0 Å². The lowest BCUT2D eigenvalue weighted by Gasteiger charge is -2.12. The van der Waals surface area contributed by atoms with Crippen molar-refractivity contribution in [3.8, 4) is 28.7 Å². The van der Waals surface area contributed by atoms with Crippen LogP contribution < -0.4 is 0 Å². The highest BCUT2D eigenvalue weighted by Crippen LogP contribution is 2.33. The maximum absolute atomic E-state index is 13.2. The molecule has 0 spiro atoms. The minimum Gasteiger partial charge on any atom is -0.329 e. The molecule has 0 N–H and O–H groups in total. The Balaban J connectivity index is 2.20. The number of imidazole rings is 1. The predicted octanol–water partition coefficient (Wildman–Crippen LogP) is 4.92. The summed E-state index contributed by atoms with van der Waals surface area (Å²) in [6.07, 6.45) is -2.23. The van der Waals surface area contributed by atoms with Crippen molar-refractivity contribution in [2.24, 2.45) is 12.0 Å². The molecule has 3 aromatic rings. The SMILES string of the molecule is C=N/C(=C\c1nc(-c2ncc(-c3ccc(CC#N)cc3)cc2S(=O)(=O)CC)n(C)c1C)C(F)(F)F. The Labute approximate surface area is 201 Å². The monoisotopic (exact) mass is 501 g/mol. The number of sulfone groups is 1. The molecule has 3 rings (SSSR count). The molecule has 0 aliphatic heterocycles. The molecule has 0 amide bonds. The molecule has 0 unspecified atom stereocenters. The van der Waals surface area contributed by atoms with Gasteiger partial charge in [-0.15, -0.1) is 0 Å². The van der Waals surface area contributed by atoms with Crippen molar-refractivity contribution in [2.45, 2.75) is 31.3 Å². The van der Waals surface area contributed by atoms with Crippen LogP contribution in [0.1, 0.15) is 23.9 Å². The fraction of sp³-hybridized carbons (Fsp3) is 0.250. The average Bonchev–Trinajstić information content (AvgIpc) is 3.10. The summed E-state index contributed by atoms with van der Waals surface area (Å²) >= 11 is 0. The third-order valence-electron chi connectivity index (χ3n) is 5.50. The van der Waals surface area contributed by atoms with Crippen LogP contribution in [0.3, 0.4) is 0 Å². The number of hydrogen-bond acceptors (Lipinski definition) is 6. The third kappa shape index (κ3) is 5.33. The molecule has 0 fully saturated rings. The predicted molar refractivity (Wildman–Crippen MR) is 127 cm³/mol. The van der Waals surface area contributed by atoms with Crippen molar-refractivity contribution in [2.75, 3.05) is 5.75 Å². The van der Waals surface area contributed by atoms with Gasteiger partial charge in [0.15, 0.2) is 15.7 Å². The molecule has 2 heterocycles. The Hall–Kier alpha value is -3.78. The van der Waals surface area contributed by atoms with E-state index in [1.807, 2.05) is 0 Å². The van der Waals surface area contributed by atoms with E-state index in [-0.39, 0.29) is 34.3 Å². The maximum Gasteiger partial charge on any atom is 0.433 e. The Morgan fingerprint density at radius 3 is 2.46 bits per heavy atom. The summed E-state index contributed by atoms with van der Waals surface area (Å²) in [5.41, 5.74) is 1.20. The second-order valence-electron chi connectivity index (χ2n) is 7.66. The first-order chi connectivity index (χ1) is 16.4. The Kier molecular flexibility index (Phi) is 7.26. The van der Waals surface area contributed by atoms with Gasteiger partial charge in [-0.25, -0.2) is 13.4 Å². The van der Waals surface area contributed by atoms with E-state index in [0.29, 0.717) is 16.8 Å². The van der Waals surface area contributed by atoms with Gasteiger partial charge in [-0.05, 0) is 36.9 Å². The summed E-state index contributed by atoms with van der Waals surface area (Å²) in [7, 11) is -2.21. The number of allylic oxidation sites excluding steroid dienone is 1. The van der Waals surface area contributed by atoms with Crippen LogP contribution in [-0.2, 0) is 23.3 Å². The number of hydrogen-bond donors (Lipinski definition) is 0. The number of benzene rings is 1. The zero-order chi connectivity index (χ0) is 26.0. The van der Waals surface area contributed by atoms with Gasteiger partial charge in [0.2, 0.25) is 0 Å². The summed E-state index contributed by atoms with van der Waals surface area (Å²) in [6.45, 7) is 6.02. The van der Waals surface area contributed by atoms with Gasteiger partial charge in [0, 0.05) is 24.5 Å². The molecule has 0 saturated heterocycles. The lowest BCUT2D eigenvalue weighted by atomic mass is 10.0. The lowest BCUT2D eigenvalue weighted by molar-refractivity contribution is -0.0912. The molecule has 0 bridgehead atoms. The number of aliphatic imine (C=N–C) groups is 1. The van der Waals surface area contributed by atoms with Crippen molar-refractivity contribution in [3.63, 3.8) is 0 Å². The standard InChI is InChI=1S/C24H22F3N5O2S/c1-5-35(33,34)20-12-18(17-8-6-16(7-9-17)10-11-28)14-30-22(20)23-31-19(15(2)32(23)4)13-21(29-3)24(25,26)27/h6-9,12-14H,3,5,10H2,1-2,4H3/b21-13-. The average molecular weight is 502 g/mol. The fourth-order valence-electron chi connectivity index (χ4n) is 3.37. The summed E-state index contributed by atoms with van der Waals surface area (Å²) in [6, 6.07) is 10.6. The molecule has 182 valence electrons. The van der Waals surface area contributed by atoms with Crippen molar-refractivity contribution in [1.82, 2.24) is 14.5 Å². The van der Waals surface area contributed by atoms with Gasteiger partial charge < -0.3 is 4.57 Å². The van der Waals surface area contributed by atoms with Crippen LogP contribution in [0, 0.1) is 18.3 Å². The normalized spacial score (nSPS) is 12.4. The summed E-state index contributed by atoms with van der Waals surface area (Å²) in [5.74, 6) is -0.108. The molecule has 0 radical (unpaired) electrons. The lowest BCUT2D eigenvalue weighted by Crippen LogP contribution is -2.09. The van der Waals surface area contributed by atoms with Crippen LogP contribution in [0.25, 0.3) is 28.7 Å². The number of aromatic nitrogens is 3. The minimum absolute atomic E-state index is 0.0268. The summed E-state index contributed by atoms with van der Waals surface area (Å²) < 4.78 is 66.9. The second kappa shape index (κ2) is 9.84. The van der Waals surface area contributed by atoms with Gasteiger partial charge in [-0.3, -0.25) is 9.98 Å². The van der Waals surface area contributed by atoms with E-state index in [9.17, 15) is 21.6 Å². The van der Waals surface area contributed by atoms with Crippen LogP contribution in [-0.4, -0.2) is 41.6 Å². The molecule has 2 aromatic heterocycles. The number of halogens is 3. The minimum atomic E-state index is -4.72. The highest BCUT2D eigenvalue weighted by Gasteiger charge is 2.34. The Bertz CT molecular complexity index is 1450. The van der Waals surface area contributed by atoms with Crippen molar-refractivity contribution in [3.05, 3.63) is 59.2 Å². The second-order valence-corrected chi connectivity index (χ2v) is 9.90. The number of pyridine rings is 1. The third-order valence-corrected chi connectivity index (χ3v) is 7.24. The molecule has 7 nitrogen and oxygen atoms in total. The highest BCUT2D eigenvalue weighted by atomic mass is 32.2. The van der Waals surface area contributed by atoms with Gasteiger partial charge in [0.05, 0.1) is 28.8 Å². The zero-order valence-electron chi connectivity index (χ0n) is 19.3. The van der Waals surface area contributed by atoms with Gasteiger partial charge in [-0.1, -0.05) is 31.2 Å². The van der Waals surface area contributed by atoms with E-state index in [2.05, 4.69) is 27.7 Å². The van der Waals surface area contributed by atoms with E-state index in [1.54, 1.807) is 38.2 Å². The molecular formula is C24H22F3N5O2S. The quantitative estimate of drug-likeness (QED) is 0.428. The number of nitriles is 1. The number of rotatable bonds is 7. The zero-order valence-corrected chi connectivity index (χ0v) is 20.1. The smallest absolute Gasteiger partial charge is 0.329 e. The molecule has 1 aromatic carbocycles. The number of alkyl halides is 3. The molecule has 0 aliphatic rings. The summed E-state index contributed by atoms with van der Waals surface area (Å²) in [4.78, 5) is 11.6. The molecule has 11 heteroatoms. The van der Waals surface area contributed by atoms with Crippen LogP contribution in [0.15, 0.2) is 52.1 Å². The van der Waals surface area contributed by atoms with Crippen LogP contribution >= 0.6 is 0 Å². The van der Waals surface area contributed by atoms with E-state index in [4.69, 9.17) is 5.26 Å². The Morgan fingerprint density at radius 2 is 1.91 bits per heavy atom. The van der Waals surface area contributed by atoms with Gasteiger partial charge in [-0.2, -0.15) is 18.4 Å². The van der Waals surface area contributed by atoms with Crippen molar-refractivity contribution >= 4 is 22.6 Å². The molecular weight excluding hydrogens is 479 g/mol. The Morgan fingerprint density at radius 1 is 1.26 bits per heavy atom. The molecule has 35 heavy (non-hydrogen) atoms. The van der Waals surface area contributed by atoms with Gasteiger partial charge in [0.25, 0.3) is 0 Å². The highest BCUT2D eigenvalue weighted by molar-refractivity contribution is 7.91. The molecule has 0 aliphatic carbocycles. The van der Waals surface area contributed by atoms with Crippen molar-refractivity contribution < 1.29 is 21.6 Å². The first kappa shape index (κ1) is 25.8. The van der Waals surface area contributed by atoms with E-state index in [1.165, 1.54) is 23.8 Å². The first-order valence-electron chi connectivity index (χ1n) is 10.4. The van der Waals surface area contributed by atoms with Crippen molar-refractivity contribution in [1.29, 1.82) is 5.26 Å².